The van der Waals surface area contributed by atoms with E-state index in [4.69, 9.17) is 23.7 Å². The van der Waals surface area contributed by atoms with Crippen LogP contribution in [0.4, 0.5) is 0 Å². The molecule has 7 atom stereocenters. The highest BCUT2D eigenvalue weighted by Gasteiger charge is 2.43. The van der Waals surface area contributed by atoms with Crippen LogP contribution >= 0.6 is 0 Å². The van der Waals surface area contributed by atoms with Crippen molar-refractivity contribution in [2.24, 2.45) is 17.8 Å². The van der Waals surface area contributed by atoms with E-state index in [1.807, 2.05) is 6.08 Å². The van der Waals surface area contributed by atoms with E-state index in [9.17, 15) is 29.1 Å². The molecule has 0 spiro atoms. The number of esters is 5. The first-order valence-electron chi connectivity index (χ1n) is 13.0. The van der Waals surface area contributed by atoms with Gasteiger partial charge in [-0.15, -0.1) is 0 Å². The molecule has 0 unspecified atom stereocenters. The molecule has 0 aromatic carbocycles. The van der Waals surface area contributed by atoms with Crippen LogP contribution in [0.3, 0.4) is 0 Å². The van der Waals surface area contributed by atoms with Crippen molar-refractivity contribution in [3.63, 3.8) is 0 Å². The van der Waals surface area contributed by atoms with Crippen molar-refractivity contribution < 1.29 is 52.8 Å². The SMILES string of the molecule is CC(=O)OC/C1=C\[C@H](O)[C@H]([C@H](C)COC(C)=O)[C@H](OC(C)=O)[C@@H](OC(=O)[C@H](C)[C@H](C)OC(C)=O)/C(C)=C/CC1. The van der Waals surface area contributed by atoms with Gasteiger partial charge in [-0.2, -0.15) is 0 Å². The van der Waals surface area contributed by atoms with Gasteiger partial charge in [0.2, 0.25) is 0 Å². The normalized spacial score (nSPS) is 26.7. The van der Waals surface area contributed by atoms with Crippen molar-refractivity contribution in [1.29, 1.82) is 0 Å². The molecule has 11 nitrogen and oxygen atoms in total. The molecule has 0 fully saturated rings. The smallest absolute Gasteiger partial charge is 0.313 e. The maximum Gasteiger partial charge on any atom is 0.313 e. The Balaban J connectivity index is 3.57. The molecule has 1 rings (SSSR count). The second-order valence-corrected chi connectivity index (χ2v) is 9.97. The van der Waals surface area contributed by atoms with Gasteiger partial charge in [0.25, 0.3) is 0 Å². The summed E-state index contributed by atoms with van der Waals surface area (Å²) < 4.78 is 27.1. The van der Waals surface area contributed by atoms with Gasteiger partial charge in [0.15, 0.2) is 6.10 Å². The van der Waals surface area contributed by atoms with E-state index in [-0.39, 0.29) is 13.2 Å². The highest BCUT2D eigenvalue weighted by atomic mass is 16.6. The summed E-state index contributed by atoms with van der Waals surface area (Å²) in [5, 5.41) is 11.4. The average Bonchev–Trinajstić information content (AvgIpc) is 2.81. The predicted octanol–water partition coefficient (Wildman–Crippen LogP) is 2.82. The van der Waals surface area contributed by atoms with Gasteiger partial charge in [-0.25, -0.2) is 0 Å². The van der Waals surface area contributed by atoms with Crippen LogP contribution < -0.4 is 0 Å². The van der Waals surface area contributed by atoms with Crippen molar-refractivity contribution in [2.45, 2.75) is 92.6 Å². The summed E-state index contributed by atoms with van der Waals surface area (Å²) in [6.45, 7) is 11.4. The molecule has 1 N–H and O–H groups in total. The van der Waals surface area contributed by atoms with Crippen LogP contribution in [0.5, 0.6) is 0 Å². The molecule has 11 heteroatoms. The molecule has 0 heterocycles. The number of hydrogen-bond donors (Lipinski definition) is 1. The highest BCUT2D eigenvalue weighted by Crippen LogP contribution is 2.33. The van der Waals surface area contributed by atoms with Crippen molar-refractivity contribution >= 4 is 29.8 Å². The Bertz CT molecular complexity index is 951. The third-order valence-electron chi connectivity index (χ3n) is 6.50. The van der Waals surface area contributed by atoms with E-state index in [2.05, 4.69) is 0 Å². The first kappa shape index (κ1) is 33.8. The zero-order valence-corrected chi connectivity index (χ0v) is 24.1. The number of rotatable bonds is 10. The molecule has 0 radical (unpaired) electrons. The van der Waals surface area contributed by atoms with Gasteiger partial charge in [-0.1, -0.05) is 19.1 Å². The molecule has 0 aromatic heterocycles. The predicted molar refractivity (Wildman–Crippen MR) is 139 cm³/mol. The van der Waals surface area contributed by atoms with Crippen LogP contribution in [0, 0.1) is 17.8 Å². The lowest BCUT2D eigenvalue weighted by Crippen LogP contribution is -2.49. The van der Waals surface area contributed by atoms with Crippen LogP contribution in [-0.2, 0) is 47.7 Å². The van der Waals surface area contributed by atoms with E-state index in [0.29, 0.717) is 24.0 Å². The molecule has 220 valence electrons. The number of aliphatic hydroxyl groups is 1. The molecule has 0 aliphatic heterocycles. The van der Waals surface area contributed by atoms with Crippen LogP contribution in [0.15, 0.2) is 23.3 Å². The fourth-order valence-corrected chi connectivity index (χ4v) is 4.31. The monoisotopic (exact) mass is 554 g/mol. The molecule has 0 saturated carbocycles. The second-order valence-electron chi connectivity index (χ2n) is 9.97. The third-order valence-corrected chi connectivity index (χ3v) is 6.50. The van der Waals surface area contributed by atoms with Crippen LogP contribution in [0.2, 0.25) is 0 Å². The Morgan fingerprint density at radius 3 is 2.08 bits per heavy atom. The Hall–Kier alpha value is -3.21. The van der Waals surface area contributed by atoms with Gasteiger partial charge in [0.1, 0.15) is 18.8 Å². The van der Waals surface area contributed by atoms with Crippen molar-refractivity contribution in [3.8, 4) is 0 Å². The first-order valence-corrected chi connectivity index (χ1v) is 13.0. The number of hydrogen-bond acceptors (Lipinski definition) is 11. The molecular formula is C28H42O11. The van der Waals surface area contributed by atoms with Gasteiger partial charge in [-0.05, 0) is 50.7 Å². The second kappa shape index (κ2) is 16.0. The zero-order valence-electron chi connectivity index (χ0n) is 24.1. The summed E-state index contributed by atoms with van der Waals surface area (Å²) in [5.41, 5.74) is 1.21. The van der Waals surface area contributed by atoms with Crippen molar-refractivity contribution in [1.82, 2.24) is 0 Å². The number of aliphatic hydroxyl groups excluding tert-OH is 1. The van der Waals surface area contributed by atoms with E-state index in [1.165, 1.54) is 33.8 Å². The van der Waals surface area contributed by atoms with Crippen molar-refractivity contribution in [2.75, 3.05) is 13.2 Å². The molecule has 1 aliphatic rings. The van der Waals surface area contributed by atoms with E-state index >= 15 is 0 Å². The quantitative estimate of drug-likeness (QED) is 0.241. The fourth-order valence-electron chi connectivity index (χ4n) is 4.31. The summed E-state index contributed by atoms with van der Waals surface area (Å²) in [6, 6.07) is 0. The molecule has 1 aliphatic carbocycles. The van der Waals surface area contributed by atoms with E-state index < -0.39 is 72.0 Å². The fraction of sp³-hybridized carbons (Fsp3) is 0.679. The molecule has 0 saturated heterocycles. The molecular weight excluding hydrogens is 512 g/mol. The maximum absolute atomic E-state index is 13.2. The summed E-state index contributed by atoms with van der Waals surface area (Å²) in [5.74, 6) is -5.22. The largest absolute Gasteiger partial charge is 0.466 e. The summed E-state index contributed by atoms with van der Waals surface area (Å²) in [4.78, 5) is 59.7. The number of ether oxygens (including phenoxy) is 5. The van der Waals surface area contributed by atoms with Crippen LogP contribution in [-0.4, -0.2) is 72.6 Å². The Labute approximate surface area is 229 Å². The van der Waals surface area contributed by atoms with Gasteiger partial charge in [-0.3, -0.25) is 24.0 Å². The Morgan fingerprint density at radius 1 is 0.923 bits per heavy atom. The minimum Gasteiger partial charge on any atom is -0.466 e. The lowest BCUT2D eigenvalue weighted by atomic mass is 9.79. The summed E-state index contributed by atoms with van der Waals surface area (Å²) in [6.07, 6.45) is -0.0584. The lowest BCUT2D eigenvalue weighted by Gasteiger charge is -2.39. The average molecular weight is 555 g/mol. The number of carbonyl (C=O) groups excluding carboxylic acids is 5. The van der Waals surface area contributed by atoms with Crippen LogP contribution in [0.1, 0.15) is 68.2 Å². The van der Waals surface area contributed by atoms with E-state index in [0.717, 1.165) is 0 Å². The number of carbonyl (C=O) groups is 5. The Kier molecular flexibility index (Phi) is 13.9. The van der Waals surface area contributed by atoms with Gasteiger partial charge >= 0.3 is 29.8 Å². The molecule has 0 aromatic rings. The van der Waals surface area contributed by atoms with Crippen LogP contribution in [0.25, 0.3) is 0 Å². The van der Waals surface area contributed by atoms with Gasteiger partial charge in [0.05, 0.1) is 18.6 Å². The van der Waals surface area contributed by atoms with Crippen molar-refractivity contribution in [3.05, 3.63) is 23.3 Å². The summed E-state index contributed by atoms with van der Waals surface area (Å²) >= 11 is 0. The topological polar surface area (TPSA) is 152 Å². The van der Waals surface area contributed by atoms with Gasteiger partial charge < -0.3 is 28.8 Å². The zero-order chi connectivity index (χ0) is 29.9. The van der Waals surface area contributed by atoms with E-state index in [1.54, 1.807) is 27.7 Å². The number of allylic oxidation sites excluding steroid dienone is 1. The minimum atomic E-state index is -1.25. The Morgan fingerprint density at radius 2 is 1.54 bits per heavy atom. The molecule has 0 amide bonds. The van der Waals surface area contributed by atoms with Gasteiger partial charge in [0, 0.05) is 33.6 Å². The lowest BCUT2D eigenvalue weighted by molar-refractivity contribution is -0.179. The minimum absolute atomic E-state index is 0.0352. The standard InChI is InChI=1S/C28H42O11/c1-15-10-9-11-23(14-36-20(6)30)12-24(33)25(16(2)13-35-19(5)29)27(38-22(8)32)26(15)39-28(34)17(3)18(4)37-21(7)31/h10,12,16-18,24-27,33H,9,11,13-14H2,1-8H3/b15-10+,23-12-/t16-,17-,18+,24+,25+,26+,27+/m1/s1. The maximum atomic E-state index is 13.2. The molecule has 0 bridgehead atoms. The third kappa shape index (κ3) is 11.6. The molecule has 39 heavy (non-hydrogen) atoms. The summed E-state index contributed by atoms with van der Waals surface area (Å²) in [7, 11) is 0. The highest BCUT2D eigenvalue weighted by molar-refractivity contribution is 5.74. The first-order chi connectivity index (χ1) is 18.1.